The Balaban J connectivity index is 2.38. The monoisotopic (exact) mass is 403 g/mol. The zero-order valence-corrected chi connectivity index (χ0v) is 14.5. The van der Waals surface area contributed by atoms with Crippen LogP contribution in [-0.4, -0.2) is 30.0 Å². The molecule has 0 aliphatic carbocycles. The summed E-state index contributed by atoms with van der Waals surface area (Å²) in [6.07, 6.45) is -1.90. The molecule has 0 spiro atoms. The number of nitrogens with zero attached hydrogens (tertiary/aromatic N) is 1. The van der Waals surface area contributed by atoms with Gasteiger partial charge in [-0.1, -0.05) is 11.6 Å². The Morgan fingerprint density at radius 1 is 1.33 bits per heavy atom. The third-order valence-corrected chi connectivity index (χ3v) is 3.35. The number of methoxy groups -OCH3 is 1. The number of rotatable bonds is 7. The number of carboxylic acid groups (broad SMARTS) is 1. The Labute approximate surface area is 156 Å². The third kappa shape index (κ3) is 5.87. The lowest BCUT2D eigenvalue weighted by molar-refractivity contribution is -0.138. The molecule has 1 heterocycles. The van der Waals surface area contributed by atoms with Crippen LogP contribution >= 0.6 is 11.6 Å². The van der Waals surface area contributed by atoms with Crippen molar-refractivity contribution in [1.29, 1.82) is 0 Å². The number of hydrogen-bond acceptors (Lipinski definition) is 5. The molecular formula is C17H13ClF3NO5. The highest BCUT2D eigenvalue weighted by Crippen LogP contribution is 2.36. The standard InChI is InChI=1S/C17H13ClF3NO5/c1-25-9-26-12-4-2-10(3-5-15(23)24)14(7-12)27-16-13(18)6-11(8-22-16)17(19,20)21/h2-8H,9H2,1H3,(H,23,24). The van der Waals surface area contributed by atoms with Gasteiger partial charge in [0.05, 0.1) is 5.56 Å². The summed E-state index contributed by atoms with van der Waals surface area (Å²) in [5, 5.41) is 8.41. The normalized spacial score (nSPS) is 11.6. The maximum Gasteiger partial charge on any atom is 0.417 e. The first-order valence-electron chi connectivity index (χ1n) is 7.28. The van der Waals surface area contributed by atoms with Crippen molar-refractivity contribution in [3.05, 3.63) is 52.7 Å². The van der Waals surface area contributed by atoms with Gasteiger partial charge in [0, 0.05) is 31.0 Å². The van der Waals surface area contributed by atoms with Crippen LogP contribution in [0, 0.1) is 0 Å². The second-order valence-electron chi connectivity index (χ2n) is 5.03. The van der Waals surface area contributed by atoms with Crippen LogP contribution in [0.1, 0.15) is 11.1 Å². The van der Waals surface area contributed by atoms with E-state index in [2.05, 4.69) is 4.98 Å². The fraction of sp³-hybridized carbons (Fsp3) is 0.176. The molecule has 0 aliphatic heterocycles. The van der Waals surface area contributed by atoms with Crippen LogP contribution in [-0.2, 0) is 15.7 Å². The number of aliphatic carboxylic acids is 1. The summed E-state index contributed by atoms with van der Waals surface area (Å²) in [5.74, 6) is -1.07. The van der Waals surface area contributed by atoms with Crippen molar-refractivity contribution >= 4 is 23.6 Å². The molecule has 2 rings (SSSR count). The van der Waals surface area contributed by atoms with Gasteiger partial charge in [0.25, 0.3) is 0 Å². The van der Waals surface area contributed by atoms with Crippen LogP contribution in [0.2, 0.25) is 5.02 Å². The van der Waals surface area contributed by atoms with Crippen molar-refractivity contribution in [2.45, 2.75) is 6.18 Å². The van der Waals surface area contributed by atoms with E-state index < -0.39 is 17.7 Å². The van der Waals surface area contributed by atoms with Crippen LogP contribution in [0.3, 0.4) is 0 Å². The van der Waals surface area contributed by atoms with Gasteiger partial charge in [0.2, 0.25) is 5.88 Å². The third-order valence-electron chi connectivity index (χ3n) is 3.08. The highest BCUT2D eigenvalue weighted by atomic mass is 35.5. The molecule has 0 bridgehead atoms. The largest absolute Gasteiger partial charge is 0.478 e. The SMILES string of the molecule is COCOc1ccc(C=CC(=O)O)c(Oc2ncc(C(F)(F)F)cc2Cl)c1. The Kier molecular flexibility index (Phi) is 6.65. The van der Waals surface area contributed by atoms with Gasteiger partial charge in [0.1, 0.15) is 16.5 Å². The first kappa shape index (κ1) is 20.5. The minimum atomic E-state index is -4.60. The van der Waals surface area contributed by atoms with Gasteiger partial charge >= 0.3 is 12.1 Å². The highest BCUT2D eigenvalue weighted by Gasteiger charge is 2.31. The molecule has 0 unspecified atom stereocenters. The van der Waals surface area contributed by atoms with E-state index >= 15 is 0 Å². The van der Waals surface area contributed by atoms with E-state index in [1.807, 2.05) is 0 Å². The quantitative estimate of drug-likeness (QED) is 0.536. The topological polar surface area (TPSA) is 77.9 Å². The Hall–Kier alpha value is -2.78. The van der Waals surface area contributed by atoms with Crippen LogP contribution in [0.4, 0.5) is 13.2 Å². The summed E-state index contributed by atoms with van der Waals surface area (Å²) in [6.45, 7) is -0.0525. The van der Waals surface area contributed by atoms with Crippen LogP contribution in [0.15, 0.2) is 36.5 Å². The molecule has 0 saturated carbocycles. The predicted molar refractivity (Wildman–Crippen MR) is 89.9 cm³/mol. The lowest BCUT2D eigenvalue weighted by Gasteiger charge is -2.13. The van der Waals surface area contributed by atoms with Crippen molar-refractivity contribution < 1.29 is 37.3 Å². The maximum absolute atomic E-state index is 12.7. The van der Waals surface area contributed by atoms with Gasteiger partial charge < -0.3 is 19.3 Å². The predicted octanol–water partition coefficient (Wildman–Crippen LogP) is 4.63. The van der Waals surface area contributed by atoms with E-state index in [1.165, 1.54) is 31.4 Å². The lowest BCUT2D eigenvalue weighted by atomic mass is 10.1. The van der Waals surface area contributed by atoms with E-state index in [1.54, 1.807) is 0 Å². The zero-order valence-electron chi connectivity index (χ0n) is 13.8. The number of halogens is 4. The first-order valence-corrected chi connectivity index (χ1v) is 7.66. The second kappa shape index (κ2) is 8.74. The highest BCUT2D eigenvalue weighted by molar-refractivity contribution is 6.31. The molecule has 1 aromatic heterocycles. The number of alkyl halides is 3. The number of benzene rings is 1. The summed E-state index contributed by atoms with van der Waals surface area (Å²) in [7, 11) is 1.42. The van der Waals surface area contributed by atoms with Crippen LogP contribution < -0.4 is 9.47 Å². The summed E-state index contributed by atoms with van der Waals surface area (Å²) >= 11 is 5.84. The molecule has 0 radical (unpaired) electrons. The number of aromatic nitrogens is 1. The molecule has 1 N–H and O–H groups in total. The zero-order chi connectivity index (χ0) is 20.0. The molecule has 144 valence electrons. The van der Waals surface area contributed by atoms with E-state index in [9.17, 15) is 18.0 Å². The fourth-order valence-electron chi connectivity index (χ4n) is 1.88. The molecule has 6 nitrogen and oxygen atoms in total. The Bertz CT molecular complexity index is 855. The minimum absolute atomic E-state index is 0.0525. The van der Waals surface area contributed by atoms with Gasteiger partial charge in [-0.2, -0.15) is 13.2 Å². The Morgan fingerprint density at radius 3 is 2.67 bits per heavy atom. The Morgan fingerprint density at radius 2 is 2.07 bits per heavy atom. The molecule has 2 aromatic rings. The lowest BCUT2D eigenvalue weighted by Crippen LogP contribution is -2.06. The molecule has 0 fully saturated rings. The molecule has 10 heteroatoms. The smallest absolute Gasteiger partial charge is 0.417 e. The molecule has 0 aliphatic rings. The van der Waals surface area contributed by atoms with Gasteiger partial charge in [-0.25, -0.2) is 9.78 Å². The van der Waals surface area contributed by atoms with E-state index in [4.69, 9.17) is 30.9 Å². The second-order valence-corrected chi connectivity index (χ2v) is 5.44. The van der Waals surface area contributed by atoms with Crippen molar-refractivity contribution in [3.63, 3.8) is 0 Å². The number of pyridine rings is 1. The van der Waals surface area contributed by atoms with Crippen molar-refractivity contribution in [3.8, 4) is 17.4 Å². The van der Waals surface area contributed by atoms with E-state index in [-0.39, 0.29) is 23.4 Å². The average molecular weight is 404 g/mol. The molecule has 0 atom stereocenters. The van der Waals surface area contributed by atoms with Gasteiger partial charge in [0.15, 0.2) is 6.79 Å². The fourth-order valence-corrected chi connectivity index (χ4v) is 2.08. The van der Waals surface area contributed by atoms with Gasteiger partial charge in [-0.15, -0.1) is 0 Å². The summed E-state index contributed by atoms with van der Waals surface area (Å²) in [5.41, 5.74) is -0.706. The maximum atomic E-state index is 12.7. The number of carbonyl (C=O) groups is 1. The molecule has 1 aromatic carbocycles. The summed E-state index contributed by atoms with van der Waals surface area (Å²) in [6, 6.07) is 5.12. The first-order chi connectivity index (χ1) is 12.7. The van der Waals surface area contributed by atoms with Gasteiger partial charge in [-0.05, 0) is 24.3 Å². The van der Waals surface area contributed by atoms with Gasteiger partial charge in [-0.3, -0.25) is 0 Å². The molecule has 27 heavy (non-hydrogen) atoms. The summed E-state index contributed by atoms with van der Waals surface area (Å²) < 4.78 is 53.6. The van der Waals surface area contributed by atoms with Crippen molar-refractivity contribution in [2.75, 3.05) is 13.9 Å². The number of ether oxygens (including phenoxy) is 3. The number of hydrogen-bond donors (Lipinski definition) is 1. The summed E-state index contributed by atoms with van der Waals surface area (Å²) in [4.78, 5) is 14.3. The average Bonchev–Trinajstić information content (AvgIpc) is 2.59. The van der Waals surface area contributed by atoms with Crippen LogP contribution in [0.25, 0.3) is 6.08 Å². The van der Waals surface area contributed by atoms with E-state index in [0.717, 1.165) is 6.08 Å². The van der Waals surface area contributed by atoms with Crippen molar-refractivity contribution in [2.24, 2.45) is 0 Å². The molecular weight excluding hydrogens is 391 g/mol. The molecule has 0 amide bonds. The molecule has 0 saturated heterocycles. The van der Waals surface area contributed by atoms with E-state index in [0.29, 0.717) is 23.6 Å². The number of carboxylic acids is 1. The van der Waals surface area contributed by atoms with Crippen LogP contribution in [0.5, 0.6) is 17.4 Å². The minimum Gasteiger partial charge on any atom is -0.478 e. The van der Waals surface area contributed by atoms with Crippen molar-refractivity contribution in [1.82, 2.24) is 4.98 Å².